The van der Waals surface area contributed by atoms with Crippen LogP contribution in [0.5, 0.6) is 0 Å². The third kappa shape index (κ3) is 2.46. The van der Waals surface area contributed by atoms with Crippen LogP contribution in [0, 0.1) is 0 Å². The maximum absolute atomic E-state index is 12.3. The molecule has 1 atom stereocenters. The number of halogens is 1. The SMILES string of the molecule is CCc1cc(C(=O)N2CCC(Cl)C2)n(CC)n1. The van der Waals surface area contributed by atoms with Crippen LogP contribution in [0.2, 0.25) is 0 Å². The zero-order valence-corrected chi connectivity index (χ0v) is 11.1. The summed E-state index contributed by atoms with van der Waals surface area (Å²) >= 11 is 6.03. The Morgan fingerprint density at radius 1 is 1.59 bits per heavy atom. The first-order valence-corrected chi connectivity index (χ1v) is 6.59. The molecule has 0 N–H and O–H groups in total. The molecule has 0 radical (unpaired) electrons. The van der Waals surface area contributed by atoms with Gasteiger partial charge in [0.2, 0.25) is 0 Å². The Kier molecular flexibility index (Phi) is 3.72. The van der Waals surface area contributed by atoms with Crippen LogP contribution in [0.25, 0.3) is 0 Å². The molecule has 4 nitrogen and oxygen atoms in total. The first-order valence-electron chi connectivity index (χ1n) is 6.15. The first kappa shape index (κ1) is 12.4. The fourth-order valence-corrected chi connectivity index (χ4v) is 2.38. The molecule has 1 saturated heterocycles. The normalized spacial score (nSPS) is 19.9. The molecule has 94 valence electrons. The lowest BCUT2D eigenvalue weighted by Crippen LogP contribution is -2.30. The van der Waals surface area contributed by atoms with E-state index in [0.717, 1.165) is 31.6 Å². The lowest BCUT2D eigenvalue weighted by molar-refractivity contribution is 0.0781. The number of carbonyl (C=O) groups excluding carboxylic acids is 1. The van der Waals surface area contributed by atoms with Crippen LogP contribution in [-0.2, 0) is 13.0 Å². The topological polar surface area (TPSA) is 38.1 Å². The summed E-state index contributed by atoms with van der Waals surface area (Å²) in [6, 6.07) is 1.90. The third-order valence-corrected chi connectivity index (χ3v) is 3.49. The molecule has 2 rings (SSSR count). The Morgan fingerprint density at radius 2 is 2.35 bits per heavy atom. The van der Waals surface area contributed by atoms with E-state index < -0.39 is 0 Å². The minimum atomic E-state index is 0.0576. The molecule has 1 amide bonds. The molecular formula is C12H18ClN3O. The van der Waals surface area contributed by atoms with Crippen molar-refractivity contribution in [1.82, 2.24) is 14.7 Å². The van der Waals surface area contributed by atoms with Crippen molar-refractivity contribution < 1.29 is 4.79 Å². The highest BCUT2D eigenvalue weighted by Gasteiger charge is 2.27. The monoisotopic (exact) mass is 255 g/mol. The summed E-state index contributed by atoms with van der Waals surface area (Å²) in [6.07, 6.45) is 1.74. The van der Waals surface area contributed by atoms with Gasteiger partial charge in [0.1, 0.15) is 5.69 Å². The van der Waals surface area contributed by atoms with E-state index in [-0.39, 0.29) is 11.3 Å². The zero-order valence-electron chi connectivity index (χ0n) is 10.3. The standard InChI is InChI=1S/C12H18ClN3O/c1-3-10-7-11(16(4-2)14-10)12(17)15-6-5-9(13)8-15/h7,9H,3-6,8H2,1-2H3. The van der Waals surface area contributed by atoms with E-state index >= 15 is 0 Å². The minimum absolute atomic E-state index is 0.0576. The number of amides is 1. The van der Waals surface area contributed by atoms with E-state index in [4.69, 9.17) is 11.6 Å². The molecule has 0 aliphatic carbocycles. The summed E-state index contributed by atoms with van der Waals surface area (Å²) in [4.78, 5) is 14.1. The number of carbonyl (C=O) groups is 1. The zero-order chi connectivity index (χ0) is 12.4. The molecule has 1 aliphatic rings. The Balaban J connectivity index is 2.20. The minimum Gasteiger partial charge on any atom is -0.336 e. The Bertz CT molecular complexity index is 416. The van der Waals surface area contributed by atoms with Gasteiger partial charge in [-0.15, -0.1) is 11.6 Å². The molecule has 17 heavy (non-hydrogen) atoms. The van der Waals surface area contributed by atoms with Gasteiger partial charge in [0.15, 0.2) is 0 Å². The summed E-state index contributed by atoms with van der Waals surface area (Å²) in [5.74, 6) is 0.0576. The largest absolute Gasteiger partial charge is 0.336 e. The number of hydrogen-bond donors (Lipinski definition) is 0. The molecule has 1 aromatic rings. The van der Waals surface area contributed by atoms with Crippen molar-refractivity contribution in [3.63, 3.8) is 0 Å². The molecule has 0 aromatic carbocycles. The lowest BCUT2D eigenvalue weighted by atomic mass is 10.3. The van der Waals surface area contributed by atoms with E-state index in [1.807, 2.05) is 24.8 Å². The van der Waals surface area contributed by atoms with Gasteiger partial charge in [-0.3, -0.25) is 9.48 Å². The van der Waals surface area contributed by atoms with E-state index in [1.54, 1.807) is 4.68 Å². The summed E-state index contributed by atoms with van der Waals surface area (Å²) in [6.45, 7) is 6.16. The number of aryl methyl sites for hydroxylation is 2. The second-order valence-electron chi connectivity index (χ2n) is 4.33. The molecule has 2 heterocycles. The summed E-state index contributed by atoms with van der Waals surface area (Å²) in [5, 5.41) is 4.49. The van der Waals surface area contributed by atoms with Crippen LogP contribution in [0.3, 0.4) is 0 Å². The highest BCUT2D eigenvalue weighted by molar-refractivity contribution is 6.21. The van der Waals surface area contributed by atoms with Gasteiger partial charge in [0.25, 0.3) is 5.91 Å². The lowest BCUT2D eigenvalue weighted by Gasteiger charge is -2.15. The van der Waals surface area contributed by atoms with Crippen molar-refractivity contribution in [2.75, 3.05) is 13.1 Å². The van der Waals surface area contributed by atoms with E-state index in [1.165, 1.54) is 0 Å². The van der Waals surface area contributed by atoms with Gasteiger partial charge in [0, 0.05) is 19.6 Å². The average Bonchev–Trinajstić information content (AvgIpc) is 2.93. The van der Waals surface area contributed by atoms with Crippen molar-refractivity contribution in [2.24, 2.45) is 0 Å². The number of nitrogens with zero attached hydrogens (tertiary/aromatic N) is 3. The number of alkyl halides is 1. The number of rotatable bonds is 3. The molecule has 1 aliphatic heterocycles. The molecule has 1 aromatic heterocycles. The summed E-state index contributed by atoms with van der Waals surface area (Å²) in [7, 11) is 0. The molecule has 5 heteroatoms. The van der Waals surface area contributed by atoms with Crippen molar-refractivity contribution >= 4 is 17.5 Å². The molecule has 0 bridgehead atoms. The molecule has 0 saturated carbocycles. The van der Waals surface area contributed by atoms with Crippen molar-refractivity contribution in [2.45, 2.75) is 38.6 Å². The van der Waals surface area contributed by atoms with Gasteiger partial charge in [-0.05, 0) is 25.8 Å². The van der Waals surface area contributed by atoms with Crippen LogP contribution in [0.15, 0.2) is 6.07 Å². The fraction of sp³-hybridized carbons (Fsp3) is 0.667. The van der Waals surface area contributed by atoms with E-state index in [9.17, 15) is 4.79 Å². The van der Waals surface area contributed by atoms with Crippen LogP contribution in [-0.4, -0.2) is 39.1 Å². The molecule has 1 fully saturated rings. The van der Waals surface area contributed by atoms with Crippen molar-refractivity contribution in [3.05, 3.63) is 17.5 Å². The summed E-state index contributed by atoms with van der Waals surface area (Å²) < 4.78 is 1.78. The third-order valence-electron chi connectivity index (χ3n) is 3.13. The van der Waals surface area contributed by atoms with Crippen LogP contribution >= 0.6 is 11.6 Å². The van der Waals surface area contributed by atoms with Gasteiger partial charge in [0.05, 0.1) is 11.1 Å². The smallest absolute Gasteiger partial charge is 0.272 e. The van der Waals surface area contributed by atoms with Crippen molar-refractivity contribution in [3.8, 4) is 0 Å². The second-order valence-corrected chi connectivity index (χ2v) is 4.94. The van der Waals surface area contributed by atoms with E-state index in [0.29, 0.717) is 12.2 Å². The average molecular weight is 256 g/mol. The van der Waals surface area contributed by atoms with Gasteiger partial charge >= 0.3 is 0 Å². The predicted octanol–water partition coefficient (Wildman–Crippen LogP) is 1.92. The van der Waals surface area contributed by atoms with Gasteiger partial charge in [-0.1, -0.05) is 6.92 Å². The number of likely N-dealkylation sites (tertiary alicyclic amines) is 1. The predicted molar refractivity (Wildman–Crippen MR) is 67.4 cm³/mol. The molecule has 0 spiro atoms. The molecular weight excluding hydrogens is 238 g/mol. The Hall–Kier alpha value is -1.03. The first-order chi connectivity index (χ1) is 8.15. The number of aromatic nitrogens is 2. The molecule has 1 unspecified atom stereocenters. The quantitative estimate of drug-likeness (QED) is 0.774. The highest BCUT2D eigenvalue weighted by Crippen LogP contribution is 2.18. The Morgan fingerprint density at radius 3 is 2.88 bits per heavy atom. The van der Waals surface area contributed by atoms with Gasteiger partial charge in [-0.25, -0.2) is 0 Å². The van der Waals surface area contributed by atoms with Crippen LogP contribution in [0.4, 0.5) is 0 Å². The fourth-order valence-electron chi connectivity index (χ4n) is 2.12. The van der Waals surface area contributed by atoms with Gasteiger partial charge < -0.3 is 4.90 Å². The maximum Gasteiger partial charge on any atom is 0.272 e. The Labute approximate surface area is 107 Å². The van der Waals surface area contributed by atoms with Crippen LogP contribution in [0.1, 0.15) is 36.5 Å². The highest BCUT2D eigenvalue weighted by atomic mass is 35.5. The number of hydrogen-bond acceptors (Lipinski definition) is 2. The van der Waals surface area contributed by atoms with Gasteiger partial charge in [-0.2, -0.15) is 5.10 Å². The van der Waals surface area contributed by atoms with Crippen LogP contribution < -0.4 is 0 Å². The maximum atomic E-state index is 12.3. The summed E-state index contributed by atoms with van der Waals surface area (Å²) in [5.41, 5.74) is 1.66. The second kappa shape index (κ2) is 5.08. The van der Waals surface area contributed by atoms with E-state index in [2.05, 4.69) is 5.10 Å². The van der Waals surface area contributed by atoms with Crippen molar-refractivity contribution in [1.29, 1.82) is 0 Å².